The highest BCUT2D eigenvalue weighted by Crippen LogP contribution is 2.27. The number of aliphatic imine (C=N–C) groups is 1. The molecule has 1 aliphatic rings. The number of rotatable bonds is 3. The lowest BCUT2D eigenvalue weighted by molar-refractivity contribution is 0.0963. The summed E-state index contributed by atoms with van der Waals surface area (Å²) in [6.07, 6.45) is 1.03. The second-order valence-electron chi connectivity index (χ2n) is 5.71. The van der Waals surface area contributed by atoms with Crippen LogP contribution in [0.25, 0.3) is 0 Å². The summed E-state index contributed by atoms with van der Waals surface area (Å²) < 4.78 is 0. The zero-order valence-electron chi connectivity index (χ0n) is 14.0. The largest absolute Gasteiger partial charge is 0.355 e. The first-order chi connectivity index (χ1) is 11.7. The van der Waals surface area contributed by atoms with Crippen LogP contribution in [-0.2, 0) is 13.0 Å². The molecule has 0 saturated heterocycles. The molecule has 0 fully saturated rings. The van der Waals surface area contributed by atoms with Gasteiger partial charge < -0.3 is 15.5 Å². The summed E-state index contributed by atoms with van der Waals surface area (Å²) in [6, 6.07) is 16.0. The Balaban J connectivity index is 1.71. The standard InChI is InChI=1S/C19H22N4O/c1-20-18(24)16-8-5-6-14(12-16)13-22-19(21-2)23-11-10-15-7-3-4-9-17(15)23/h3-9,12H,10-11,13H2,1-2H3,(H,20,24)(H,21,22). The van der Waals surface area contributed by atoms with E-state index in [-0.39, 0.29) is 5.91 Å². The summed E-state index contributed by atoms with van der Waals surface area (Å²) in [6.45, 7) is 1.55. The van der Waals surface area contributed by atoms with Crippen molar-refractivity contribution in [1.29, 1.82) is 0 Å². The summed E-state index contributed by atoms with van der Waals surface area (Å²) >= 11 is 0. The van der Waals surface area contributed by atoms with Gasteiger partial charge in [0.2, 0.25) is 0 Å². The average Bonchev–Trinajstić information content (AvgIpc) is 3.06. The Bertz CT molecular complexity index is 769. The molecule has 0 bridgehead atoms. The maximum absolute atomic E-state index is 11.7. The van der Waals surface area contributed by atoms with Crippen LogP contribution in [0.1, 0.15) is 21.5 Å². The van der Waals surface area contributed by atoms with Crippen LogP contribution in [0, 0.1) is 0 Å². The number of hydrogen-bond acceptors (Lipinski definition) is 2. The number of nitrogens with one attached hydrogen (secondary N) is 2. The third-order valence-corrected chi connectivity index (χ3v) is 4.22. The Labute approximate surface area is 142 Å². The van der Waals surface area contributed by atoms with Crippen molar-refractivity contribution in [3.63, 3.8) is 0 Å². The summed E-state index contributed by atoms with van der Waals surface area (Å²) in [4.78, 5) is 18.4. The topological polar surface area (TPSA) is 56.7 Å². The lowest BCUT2D eigenvalue weighted by Gasteiger charge is -2.22. The van der Waals surface area contributed by atoms with Gasteiger partial charge in [-0.2, -0.15) is 0 Å². The van der Waals surface area contributed by atoms with Crippen LogP contribution in [0.15, 0.2) is 53.5 Å². The molecular weight excluding hydrogens is 300 g/mol. The van der Waals surface area contributed by atoms with Crippen molar-refractivity contribution in [3.8, 4) is 0 Å². The number of carbonyl (C=O) groups is 1. The molecule has 2 N–H and O–H groups in total. The molecule has 1 aliphatic heterocycles. The minimum atomic E-state index is -0.0743. The van der Waals surface area contributed by atoms with Gasteiger partial charge in [-0.3, -0.25) is 9.79 Å². The maximum Gasteiger partial charge on any atom is 0.251 e. The highest BCUT2D eigenvalue weighted by molar-refractivity contribution is 5.98. The molecule has 2 aromatic carbocycles. The van der Waals surface area contributed by atoms with Gasteiger partial charge in [0.25, 0.3) is 5.91 Å². The predicted molar refractivity (Wildman–Crippen MR) is 97.5 cm³/mol. The number of guanidine groups is 1. The second-order valence-corrected chi connectivity index (χ2v) is 5.71. The van der Waals surface area contributed by atoms with E-state index in [1.807, 2.05) is 24.3 Å². The van der Waals surface area contributed by atoms with Gasteiger partial charge in [-0.15, -0.1) is 0 Å². The van der Waals surface area contributed by atoms with Gasteiger partial charge in [-0.05, 0) is 35.7 Å². The first-order valence-electron chi connectivity index (χ1n) is 8.10. The van der Waals surface area contributed by atoms with Crippen LogP contribution in [0.3, 0.4) is 0 Å². The van der Waals surface area contributed by atoms with E-state index in [2.05, 4.69) is 44.8 Å². The van der Waals surface area contributed by atoms with E-state index in [0.717, 1.165) is 24.5 Å². The number of benzene rings is 2. The van der Waals surface area contributed by atoms with Crippen LogP contribution < -0.4 is 15.5 Å². The number of amides is 1. The van der Waals surface area contributed by atoms with Gasteiger partial charge in [-0.1, -0.05) is 30.3 Å². The Morgan fingerprint density at radius 2 is 2.04 bits per heavy atom. The van der Waals surface area contributed by atoms with Gasteiger partial charge in [-0.25, -0.2) is 0 Å². The molecule has 5 nitrogen and oxygen atoms in total. The Morgan fingerprint density at radius 1 is 1.21 bits per heavy atom. The molecule has 0 atom stereocenters. The molecule has 0 saturated carbocycles. The molecule has 0 unspecified atom stereocenters. The third kappa shape index (κ3) is 3.25. The van der Waals surface area contributed by atoms with E-state index in [9.17, 15) is 4.79 Å². The zero-order chi connectivity index (χ0) is 16.9. The maximum atomic E-state index is 11.7. The SMILES string of the molecule is CN=C(NCc1cccc(C(=O)NC)c1)N1CCc2ccccc21. The van der Waals surface area contributed by atoms with Crippen molar-refractivity contribution in [2.75, 3.05) is 25.5 Å². The van der Waals surface area contributed by atoms with E-state index in [1.54, 1.807) is 14.1 Å². The molecule has 0 spiro atoms. The van der Waals surface area contributed by atoms with Crippen LogP contribution in [0.5, 0.6) is 0 Å². The van der Waals surface area contributed by atoms with Crippen molar-refractivity contribution in [2.45, 2.75) is 13.0 Å². The number of para-hydroxylation sites is 1. The molecular formula is C19H22N4O. The fourth-order valence-corrected chi connectivity index (χ4v) is 3.00. The normalized spacial score (nSPS) is 13.6. The van der Waals surface area contributed by atoms with Crippen molar-refractivity contribution in [1.82, 2.24) is 10.6 Å². The first-order valence-corrected chi connectivity index (χ1v) is 8.10. The highest BCUT2D eigenvalue weighted by atomic mass is 16.1. The number of fused-ring (bicyclic) bond motifs is 1. The summed E-state index contributed by atoms with van der Waals surface area (Å²) in [5.41, 5.74) is 4.27. The molecule has 0 aliphatic carbocycles. The van der Waals surface area contributed by atoms with E-state index in [4.69, 9.17) is 0 Å². The Kier molecular flexibility index (Phi) is 4.79. The van der Waals surface area contributed by atoms with Crippen molar-refractivity contribution < 1.29 is 4.79 Å². The quantitative estimate of drug-likeness (QED) is 0.673. The van der Waals surface area contributed by atoms with E-state index < -0.39 is 0 Å². The molecule has 24 heavy (non-hydrogen) atoms. The second kappa shape index (κ2) is 7.17. The lowest BCUT2D eigenvalue weighted by Crippen LogP contribution is -2.40. The lowest BCUT2D eigenvalue weighted by atomic mass is 10.1. The van der Waals surface area contributed by atoms with Crippen LogP contribution in [0.4, 0.5) is 5.69 Å². The first kappa shape index (κ1) is 16.1. The molecule has 1 amide bonds. The third-order valence-electron chi connectivity index (χ3n) is 4.22. The van der Waals surface area contributed by atoms with Gasteiger partial charge >= 0.3 is 0 Å². The smallest absolute Gasteiger partial charge is 0.251 e. The Morgan fingerprint density at radius 3 is 2.83 bits per heavy atom. The number of nitrogens with zero attached hydrogens (tertiary/aromatic N) is 2. The molecule has 0 aromatic heterocycles. The van der Waals surface area contributed by atoms with E-state index in [1.165, 1.54) is 11.3 Å². The Hall–Kier alpha value is -2.82. The van der Waals surface area contributed by atoms with Gasteiger partial charge in [0.1, 0.15) is 0 Å². The minimum Gasteiger partial charge on any atom is -0.355 e. The molecule has 3 rings (SSSR count). The summed E-state index contributed by atoms with van der Waals surface area (Å²) in [5, 5.41) is 6.05. The predicted octanol–water partition coefficient (Wildman–Crippen LogP) is 2.18. The average molecular weight is 322 g/mol. The van der Waals surface area contributed by atoms with Crippen LogP contribution >= 0.6 is 0 Å². The molecule has 0 radical (unpaired) electrons. The number of anilines is 1. The highest BCUT2D eigenvalue weighted by Gasteiger charge is 2.22. The van der Waals surface area contributed by atoms with Crippen LogP contribution in [0.2, 0.25) is 0 Å². The van der Waals surface area contributed by atoms with Gasteiger partial charge in [0.05, 0.1) is 0 Å². The molecule has 5 heteroatoms. The zero-order valence-corrected chi connectivity index (χ0v) is 14.0. The fraction of sp³-hybridized carbons (Fsp3) is 0.263. The number of hydrogen-bond donors (Lipinski definition) is 2. The summed E-state index contributed by atoms with van der Waals surface area (Å²) in [5.74, 6) is 0.778. The van der Waals surface area contributed by atoms with Crippen LogP contribution in [-0.4, -0.2) is 32.5 Å². The molecule has 2 aromatic rings. The van der Waals surface area contributed by atoms with E-state index in [0.29, 0.717) is 12.1 Å². The molecule has 1 heterocycles. The van der Waals surface area contributed by atoms with Crippen molar-refractivity contribution >= 4 is 17.6 Å². The van der Waals surface area contributed by atoms with Crippen molar-refractivity contribution in [3.05, 3.63) is 65.2 Å². The minimum absolute atomic E-state index is 0.0743. The molecule has 124 valence electrons. The number of carbonyl (C=O) groups excluding carboxylic acids is 1. The van der Waals surface area contributed by atoms with Gasteiger partial charge in [0, 0.05) is 38.4 Å². The monoisotopic (exact) mass is 322 g/mol. The van der Waals surface area contributed by atoms with Crippen molar-refractivity contribution in [2.24, 2.45) is 4.99 Å². The van der Waals surface area contributed by atoms with Gasteiger partial charge in [0.15, 0.2) is 5.96 Å². The van der Waals surface area contributed by atoms with E-state index >= 15 is 0 Å². The fourth-order valence-electron chi connectivity index (χ4n) is 3.00. The summed E-state index contributed by atoms with van der Waals surface area (Å²) in [7, 11) is 3.43.